The second kappa shape index (κ2) is 6.27. The Morgan fingerprint density at radius 2 is 2.10 bits per heavy atom. The van der Waals surface area contributed by atoms with Gasteiger partial charge in [-0.25, -0.2) is 0 Å². The van der Waals surface area contributed by atoms with Crippen LogP contribution in [0, 0.1) is 0 Å². The van der Waals surface area contributed by atoms with E-state index in [1.54, 1.807) is 7.05 Å². The normalized spacial score (nSPS) is 25.4. The van der Waals surface area contributed by atoms with E-state index in [4.69, 9.17) is 9.47 Å². The van der Waals surface area contributed by atoms with E-state index in [2.05, 4.69) is 24.4 Å². The van der Waals surface area contributed by atoms with Gasteiger partial charge in [-0.2, -0.15) is 0 Å². The van der Waals surface area contributed by atoms with Gasteiger partial charge in [0.2, 0.25) is 0 Å². The number of methoxy groups -OCH3 is 1. The Kier molecular flexibility index (Phi) is 4.65. The zero-order valence-electron chi connectivity index (χ0n) is 12.4. The summed E-state index contributed by atoms with van der Waals surface area (Å²) in [5, 5.41) is 3.11. The van der Waals surface area contributed by atoms with Crippen LogP contribution in [0.25, 0.3) is 0 Å². The van der Waals surface area contributed by atoms with Gasteiger partial charge in [0.25, 0.3) is 0 Å². The molecule has 0 amide bonds. The molecule has 1 aliphatic carbocycles. The Labute approximate surface area is 120 Å². The van der Waals surface area contributed by atoms with Crippen LogP contribution in [0.15, 0.2) is 24.3 Å². The zero-order valence-corrected chi connectivity index (χ0v) is 12.4. The first-order valence-corrected chi connectivity index (χ1v) is 7.16. The summed E-state index contributed by atoms with van der Waals surface area (Å²) in [5.41, 5.74) is 0.700. The maximum atomic E-state index is 11.9. The second-order valence-electron chi connectivity index (χ2n) is 5.30. The van der Waals surface area contributed by atoms with Crippen molar-refractivity contribution in [3.63, 3.8) is 0 Å². The Hall–Kier alpha value is -1.55. The molecule has 4 heteroatoms. The summed E-state index contributed by atoms with van der Waals surface area (Å²) < 4.78 is 10.9. The van der Waals surface area contributed by atoms with E-state index >= 15 is 0 Å². The average Bonchev–Trinajstić information content (AvgIpc) is 2.91. The van der Waals surface area contributed by atoms with Gasteiger partial charge < -0.3 is 14.8 Å². The molecule has 0 radical (unpaired) electrons. The SMILES string of the molecule is CCc1ccc(OC2CCC(NC)(C(=O)OC)C2)cc1. The summed E-state index contributed by atoms with van der Waals surface area (Å²) in [6.45, 7) is 2.13. The van der Waals surface area contributed by atoms with Gasteiger partial charge in [-0.15, -0.1) is 0 Å². The molecule has 1 aromatic rings. The molecule has 0 spiro atoms. The number of esters is 1. The van der Waals surface area contributed by atoms with Crippen LogP contribution in [-0.2, 0) is 16.0 Å². The van der Waals surface area contributed by atoms with Crippen molar-refractivity contribution in [2.75, 3.05) is 14.2 Å². The number of likely N-dealkylation sites (N-methyl/N-ethyl adjacent to an activating group) is 1. The summed E-state index contributed by atoms with van der Waals surface area (Å²) in [5.74, 6) is 0.663. The van der Waals surface area contributed by atoms with E-state index in [1.807, 2.05) is 12.1 Å². The lowest BCUT2D eigenvalue weighted by Gasteiger charge is -2.25. The number of ether oxygens (including phenoxy) is 2. The summed E-state index contributed by atoms with van der Waals surface area (Å²) in [6, 6.07) is 8.15. The number of hydrogen-bond acceptors (Lipinski definition) is 4. The van der Waals surface area contributed by atoms with Crippen LogP contribution in [0.4, 0.5) is 0 Å². The molecule has 0 bridgehead atoms. The molecule has 1 aliphatic rings. The third kappa shape index (κ3) is 2.96. The summed E-state index contributed by atoms with van der Waals surface area (Å²) in [4.78, 5) is 11.9. The Morgan fingerprint density at radius 1 is 1.40 bits per heavy atom. The molecule has 0 aliphatic heterocycles. The Balaban J connectivity index is 2.00. The van der Waals surface area contributed by atoms with E-state index in [1.165, 1.54) is 12.7 Å². The number of aryl methyl sites for hydroxylation is 1. The van der Waals surface area contributed by atoms with Crippen molar-refractivity contribution in [1.29, 1.82) is 0 Å². The average molecular weight is 277 g/mol. The van der Waals surface area contributed by atoms with Gasteiger partial charge in [-0.3, -0.25) is 4.79 Å². The predicted molar refractivity (Wildman–Crippen MR) is 77.9 cm³/mol. The van der Waals surface area contributed by atoms with Crippen LogP contribution >= 0.6 is 0 Å². The van der Waals surface area contributed by atoms with Crippen molar-refractivity contribution in [1.82, 2.24) is 5.32 Å². The molecule has 0 aromatic heterocycles. The highest BCUT2D eigenvalue weighted by molar-refractivity contribution is 5.81. The molecule has 2 atom stereocenters. The van der Waals surface area contributed by atoms with E-state index in [0.717, 1.165) is 25.0 Å². The largest absolute Gasteiger partial charge is 0.490 e. The van der Waals surface area contributed by atoms with Gasteiger partial charge >= 0.3 is 5.97 Å². The number of carbonyl (C=O) groups is 1. The topological polar surface area (TPSA) is 47.6 Å². The lowest BCUT2D eigenvalue weighted by molar-refractivity contribution is -0.148. The van der Waals surface area contributed by atoms with Crippen LogP contribution in [0.3, 0.4) is 0 Å². The first kappa shape index (κ1) is 14.9. The highest BCUT2D eigenvalue weighted by Crippen LogP contribution is 2.33. The second-order valence-corrected chi connectivity index (χ2v) is 5.30. The molecule has 1 aromatic carbocycles. The predicted octanol–water partition coefficient (Wildman–Crippen LogP) is 2.31. The molecule has 2 rings (SSSR count). The maximum absolute atomic E-state index is 11.9. The quantitative estimate of drug-likeness (QED) is 0.839. The van der Waals surface area contributed by atoms with Gasteiger partial charge in [0.05, 0.1) is 7.11 Å². The standard InChI is InChI=1S/C16H23NO3/c1-4-12-5-7-13(8-6-12)20-14-9-10-16(11-14,17-2)15(18)19-3/h5-8,14,17H,4,9-11H2,1-3H3. The number of hydrogen-bond donors (Lipinski definition) is 1. The van der Waals surface area contributed by atoms with Crippen molar-refractivity contribution in [2.45, 2.75) is 44.2 Å². The minimum Gasteiger partial charge on any atom is -0.490 e. The van der Waals surface area contributed by atoms with Crippen LogP contribution < -0.4 is 10.1 Å². The summed E-state index contributed by atoms with van der Waals surface area (Å²) in [6.07, 6.45) is 3.31. The van der Waals surface area contributed by atoms with Crippen LogP contribution in [0.2, 0.25) is 0 Å². The highest BCUT2D eigenvalue weighted by atomic mass is 16.5. The lowest BCUT2D eigenvalue weighted by atomic mass is 9.98. The van der Waals surface area contributed by atoms with Crippen LogP contribution in [-0.4, -0.2) is 31.8 Å². The first-order valence-electron chi connectivity index (χ1n) is 7.16. The van der Waals surface area contributed by atoms with Crippen molar-refractivity contribution < 1.29 is 14.3 Å². The lowest BCUT2D eigenvalue weighted by Crippen LogP contribution is -2.49. The molecule has 0 heterocycles. The van der Waals surface area contributed by atoms with Crippen LogP contribution in [0.5, 0.6) is 5.75 Å². The van der Waals surface area contributed by atoms with Gasteiger partial charge in [0.1, 0.15) is 17.4 Å². The van der Waals surface area contributed by atoms with Crippen LogP contribution in [0.1, 0.15) is 31.7 Å². The van der Waals surface area contributed by atoms with Crippen molar-refractivity contribution in [3.05, 3.63) is 29.8 Å². The van der Waals surface area contributed by atoms with Crippen molar-refractivity contribution >= 4 is 5.97 Å². The fourth-order valence-electron chi connectivity index (χ4n) is 2.81. The molecular weight excluding hydrogens is 254 g/mol. The number of benzene rings is 1. The maximum Gasteiger partial charge on any atom is 0.326 e. The third-order valence-electron chi connectivity index (χ3n) is 4.16. The van der Waals surface area contributed by atoms with Crippen molar-refractivity contribution in [2.24, 2.45) is 0 Å². The van der Waals surface area contributed by atoms with Gasteiger partial charge in [-0.05, 0) is 44.0 Å². The molecule has 1 fully saturated rings. The summed E-state index contributed by atoms with van der Waals surface area (Å²) in [7, 11) is 3.23. The third-order valence-corrected chi connectivity index (χ3v) is 4.16. The number of nitrogens with one attached hydrogen (secondary N) is 1. The number of rotatable bonds is 5. The minimum atomic E-state index is -0.594. The Bertz CT molecular complexity index is 457. The van der Waals surface area contributed by atoms with E-state index in [-0.39, 0.29) is 12.1 Å². The molecule has 1 saturated carbocycles. The zero-order chi connectivity index (χ0) is 14.6. The number of carbonyl (C=O) groups excluding carboxylic acids is 1. The summed E-state index contributed by atoms with van der Waals surface area (Å²) >= 11 is 0. The van der Waals surface area contributed by atoms with Gasteiger partial charge in [0, 0.05) is 6.42 Å². The fourth-order valence-corrected chi connectivity index (χ4v) is 2.81. The highest BCUT2D eigenvalue weighted by Gasteiger charge is 2.46. The van der Waals surface area contributed by atoms with E-state index in [0.29, 0.717) is 6.42 Å². The fraction of sp³-hybridized carbons (Fsp3) is 0.562. The van der Waals surface area contributed by atoms with Crippen molar-refractivity contribution in [3.8, 4) is 5.75 Å². The minimum absolute atomic E-state index is 0.0500. The molecule has 4 nitrogen and oxygen atoms in total. The molecule has 20 heavy (non-hydrogen) atoms. The van der Waals surface area contributed by atoms with Gasteiger partial charge in [-0.1, -0.05) is 19.1 Å². The molecule has 110 valence electrons. The van der Waals surface area contributed by atoms with E-state index < -0.39 is 5.54 Å². The molecule has 1 N–H and O–H groups in total. The molecule has 2 unspecified atom stereocenters. The molecular formula is C16H23NO3. The smallest absolute Gasteiger partial charge is 0.326 e. The first-order chi connectivity index (χ1) is 9.63. The Morgan fingerprint density at radius 3 is 2.65 bits per heavy atom. The van der Waals surface area contributed by atoms with Gasteiger partial charge in [0.15, 0.2) is 0 Å². The monoisotopic (exact) mass is 277 g/mol. The van der Waals surface area contributed by atoms with E-state index in [9.17, 15) is 4.79 Å². The molecule has 0 saturated heterocycles.